The summed E-state index contributed by atoms with van der Waals surface area (Å²) in [5.74, 6) is 0.771. The number of nitrogen functional groups attached to an aromatic ring is 1. The van der Waals surface area contributed by atoms with Gasteiger partial charge in [-0.25, -0.2) is 4.98 Å². The fourth-order valence-corrected chi connectivity index (χ4v) is 3.15. The Hall–Kier alpha value is -1.67. The van der Waals surface area contributed by atoms with E-state index >= 15 is 0 Å². The van der Waals surface area contributed by atoms with Gasteiger partial charge in [0.1, 0.15) is 5.82 Å². The van der Waals surface area contributed by atoms with E-state index in [9.17, 15) is 4.79 Å². The quantitative estimate of drug-likeness (QED) is 0.666. The smallest absolute Gasteiger partial charge is 0.278 e. The average Bonchev–Trinajstić information content (AvgIpc) is 2.85. The van der Waals surface area contributed by atoms with Crippen LogP contribution >= 0.6 is 27.3 Å². The molecule has 0 aliphatic heterocycles. The second-order valence-corrected chi connectivity index (χ2v) is 6.26. The van der Waals surface area contributed by atoms with Crippen molar-refractivity contribution in [3.8, 4) is 0 Å². The Labute approximate surface area is 113 Å². The number of aromatic nitrogens is 4. The van der Waals surface area contributed by atoms with Crippen molar-refractivity contribution in [2.45, 2.75) is 6.42 Å². The van der Waals surface area contributed by atoms with Gasteiger partial charge in [0.05, 0.1) is 3.79 Å². The van der Waals surface area contributed by atoms with Crippen molar-refractivity contribution in [3.05, 3.63) is 37.0 Å². The largest absolute Gasteiger partial charge is 0.369 e. The minimum atomic E-state index is -0.302. The normalized spacial score (nSPS) is 11.2. The third-order valence-corrected chi connectivity index (χ3v) is 4.02. The Morgan fingerprint density at radius 2 is 2.17 bits per heavy atom. The summed E-state index contributed by atoms with van der Waals surface area (Å²) >= 11 is 5.03. The number of nitrogens with two attached hydrogens (primary N) is 1. The number of fused-ring (bicyclic) bond motifs is 1. The molecular weight excluding hydrogens is 318 g/mol. The molecule has 3 heterocycles. The topological polar surface area (TPSA) is 100 Å². The summed E-state index contributed by atoms with van der Waals surface area (Å²) in [5.41, 5.74) is 5.87. The summed E-state index contributed by atoms with van der Waals surface area (Å²) in [4.78, 5) is 26.4. The van der Waals surface area contributed by atoms with Gasteiger partial charge in [-0.1, -0.05) is 0 Å². The molecule has 92 valence electrons. The number of nitrogens with one attached hydrogen (secondary N) is 2. The summed E-state index contributed by atoms with van der Waals surface area (Å²) in [5, 5.41) is 0. The third-order valence-electron chi connectivity index (χ3n) is 2.40. The van der Waals surface area contributed by atoms with E-state index in [0.717, 1.165) is 8.66 Å². The molecule has 0 saturated heterocycles. The SMILES string of the molecule is Nc1nc2nc(Cc3ccc(Br)s3)[nH]c2c(=O)[nH]1. The molecule has 0 amide bonds. The zero-order valence-corrected chi connectivity index (χ0v) is 11.4. The molecule has 18 heavy (non-hydrogen) atoms. The lowest BCUT2D eigenvalue weighted by atomic mass is 10.3. The van der Waals surface area contributed by atoms with Gasteiger partial charge in [0, 0.05) is 11.3 Å². The Bertz CT molecular complexity index is 774. The first kappa shape index (κ1) is 11.4. The Balaban J connectivity index is 2.03. The van der Waals surface area contributed by atoms with Crippen molar-refractivity contribution < 1.29 is 0 Å². The summed E-state index contributed by atoms with van der Waals surface area (Å²) in [7, 11) is 0. The number of H-pyrrole nitrogens is 2. The number of aromatic amines is 2. The van der Waals surface area contributed by atoms with Crippen LogP contribution in [-0.4, -0.2) is 19.9 Å². The zero-order valence-electron chi connectivity index (χ0n) is 9.03. The molecule has 3 aromatic heterocycles. The van der Waals surface area contributed by atoms with E-state index in [-0.39, 0.29) is 11.5 Å². The predicted octanol–water partition coefficient (Wildman–Crippen LogP) is 1.64. The Morgan fingerprint density at radius 1 is 1.33 bits per heavy atom. The highest BCUT2D eigenvalue weighted by Gasteiger charge is 2.09. The fourth-order valence-electron chi connectivity index (χ4n) is 1.67. The molecule has 3 aromatic rings. The van der Waals surface area contributed by atoms with E-state index in [1.165, 1.54) is 0 Å². The van der Waals surface area contributed by atoms with Crippen LogP contribution < -0.4 is 11.3 Å². The highest BCUT2D eigenvalue weighted by Crippen LogP contribution is 2.23. The second-order valence-electron chi connectivity index (χ2n) is 3.72. The van der Waals surface area contributed by atoms with Crippen LogP contribution in [0.15, 0.2) is 20.7 Å². The zero-order chi connectivity index (χ0) is 12.7. The maximum Gasteiger partial charge on any atom is 0.278 e. The first-order valence-corrected chi connectivity index (χ1v) is 6.71. The number of rotatable bonds is 2. The van der Waals surface area contributed by atoms with Crippen molar-refractivity contribution in [3.63, 3.8) is 0 Å². The minimum Gasteiger partial charge on any atom is -0.369 e. The van der Waals surface area contributed by atoms with E-state index in [1.807, 2.05) is 12.1 Å². The molecule has 0 unspecified atom stereocenters. The molecule has 0 saturated carbocycles. The van der Waals surface area contributed by atoms with Crippen LogP contribution in [0.25, 0.3) is 11.2 Å². The number of imidazole rings is 1. The lowest BCUT2D eigenvalue weighted by Gasteiger charge is -1.90. The van der Waals surface area contributed by atoms with Crippen molar-refractivity contribution in [2.24, 2.45) is 0 Å². The van der Waals surface area contributed by atoms with Crippen LogP contribution in [0.4, 0.5) is 5.95 Å². The third kappa shape index (κ3) is 2.04. The van der Waals surface area contributed by atoms with Crippen LogP contribution in [0.5, 0.6) is 0 Å². The molecule has 0 aliphatic carbocycles. The summed E-state index contributed by atoms with van der Waals surface area (Å²) in [6, 6.07) is 3.99. The van der Waals surface area contributed by atoms with Gasteiger partial charge in [-0.05, 0) is 28.1 Å². The van der Waals surface area contributed by atoms with Crippen LogP contribution in [0.3, 0.4) is 0 Å². The summed E-state index contributed by atoms with van der Waals surface area (Å²) in [6.45, 7) is 0. The Morgan fingerprint density at radius 3 is 2.89 bits per heavy atom. The lowest BCUT2D eigenvalue weighted by Crippen LogP contribution is -2.10. The van der Waals surface area contributed by atoms with Gasteiger partial charge < -0.3 is 10.7 Å². The number of nitrogens with zero attached hydrogens (tertiary/aromatic N) is 2. The van der Waals surface area contributed by atoms with E-state index in [4.69, 9.17) is 5.73 Å². The maximum absolute atomic E-state index is 11.6. The van der Waals surface area contributed by atoms with Crippen LogP contribution in [-0.2, 0) is 6.42 Å². The molecule has 0 fully saturated rings. The minimum absolute atomic E-state index is 0.0735. The molecule has 6 nitrogen and oxygen atoms in total. The molecule has 3 rings (SSSR count). The molecule has 0 spiro atoms. The van der Waals surface area contributed by atoms with E-state index in [0.29, 0.717) is 23.4 Å². The van der Waals surface area contributed by atoms with Crippen molar-refractivity contribution in [1.82, 2.24) is 19.9 Å². The van der Waals surface area contributed by atoms with E-state index in [2.05, 4.69) is 35.9 Å². The molecule has 0 aliphatic rings. The monoisotopic (exact) mass is 325 g/mol. The van der Waals surface area contributed by atoms with Crippen LogP contribution in [0, 0.1) is 0 Å². The number of thiophene rings is 1. The van der Waals surface area contributed by atoms with Gasteiger partial charge in [0.15, 0.2) is 11.2 Å². The van der Waals surface area contributed by atoms with Crippen molar-refractivity contribution in [1.29, 1.82) is 0 Å². The van der Waals surface area contributed by atoms with Crippen LogP contribution in [0.2, 0.25) is 0 Å². The first-order valence-electron chi connectivity index (χ1n) is 5.10. The van der Waals surface area contributed by atoms with Gasteiger partial charge >= 0.3 is 0 Å². The first-order chi connectivity index (χ1) is 8.61. The number of hydrogen-bond donors (Lipinski definition) is 3. The lowest BCUT2D eigenvalue weighted by molar-refractivity contribution is 1.05. The van der Waals surface area contributed by atoms with Gasteiger partial charge in [0.2, 0.25) is 5.95 Å². The fraction of sp³-hybridized carbons (Fsp3) is 0.100. The van der Waals surface area contributed by atoms with Crippen molar-refractivity contribution in [2.75, 3.05) is 5.73 Å². The van der Waals surface area contributed by atoms with Gasteiger partial charge in [-0.15, -0.1) is 11.3 Å². The molecular formula is C10H8BrN5OS. The second kappa shape index (κ2) is 4.21. The highest BCUT2D eigenvalue weighted by molar-refractivity contribution is 9.11. The number of hydrogen-bond acceptors (Lipinski definition) is 5. The Kier molecular flexibility index (Phi) is 2.67. The van der Waals surface area contributed by atoms with Crippen molar-refractivity contribution >= 4 is 44.4 Å². The average molecular weight is 326 g/mol. The van der Waals surface area contributed by atoms with Gasteiger partial charge in [0.25, 0.3) is 5.56 Å². The molecule has 0 atom stereocenters. The van der Waals surface area contributed by atoms with Crippen LogP contribution in [0.1, 0.15) is 10.7 Å². The molecule has 0 bridgehead atoms. The maximum atomic E-state index is 11.6. The molecule has 4 N–H and O–H groups in total. The summed E-state index contributed by atoms with van der Waals surface area (Å²) in [6.07, 6.45) is 0.631. The van der Waals surface area contributed by atoms with Gasteiger partial charge in [-0.2, -0.15) is 4.98 Å². The summed E-state index contributed by atoms with van der Waals surface area (Å²) < 4.78 is 1.06. The molecule has 8 heteroatoms. The predicted molar refractivity (Wildman–Crippen MR) is 73.7 cm³/mol. The van der Waals surface area contributed by atoms with Gasteiger partial charge in [-0.3, -0.25) is 9.78 Å². The van der Waals surface area contributed by atoms with E-state index in [1.54, 1.807) is 11.3 Å². The van der Waals surface area contributed by atoms with E-state index < -0.39 is 0 Å². The number of halogens is 1. The number of anilines is 1. The molecule has 0 aromatic carbocycles. The highest BCUT2D eigenvalue weighted by atomic mass is 79.9. The molecule has 0 radical (unpaired) electrons. The standard InChI is InChI=1S/C10H8BrN5OS/c11-5-2-1-4(18-5)3-6-13-7-8(14-6)15-10(12)16-9(7)17/h1-2H,3H2,(H4,12,13,14,15,16,17).